The number of rotatable bonds is 6. The Morgan fingerprint density at radius 1 is 1.11 bits per heavy atom. The van der Waals surface area contributed by atoms with Crippen molar-refractivity contribution in [1.82, 2.24) is 9.80 Å². The summed E-state index contributed by atoms with van der Waals surface area (Å²) in [7, 11) is 0. The van der Waals surface area contributed by atoms with E-state index >= 15 is 0 Å². The number of halogens is 2. The quantitative estimate of drug-likeness (QED) is 0.129. The number of nitrogens with zero attached hydrogens (tertiary/aromatic N) is 4. The average Bonchev–Trinajstić information content (AvgIpc) is 2.94. The number of alkyl halides is 1. The molecule has 1 aromatic carbocycles. The first-order chi connectivity index (χ1) is 18.2. The van der Waals surface area contributed by atoms with E-state index in [1.165, 1.54) is 6.20 Å². The van der Waals surface area contributed by atoms with E-state index in [-0.39, 0.29) is 11.4 Å². The Hall–Kier alpha value is -1.97. The third-order valence-electron chi connectivity index (χ3n) is 7.97. The summed E-state index contributed by atoms with van der Waals surface area (Å²) >= 11 is 6.46. The van der Waals surface area contributed by atoms with Gasteiger partial charge in [0.2, 0.25) is 5.69 Å². The van der Waals surface area contributed by atoms with Crippen LogP contribution in [-0.4, -0.2) is 65.6 Å². The van der Waals surface area contributed by atoms with E-state index < -0.39 is 0 Å². The Morgan fingerprint density at radius 3 is 2.29 bits per heavy atom. The summed E-state index contributed by atoms with van der Waals surface area (Å²) in [4.78, 5) is 23.3. The van der Waals surface area contributed by atoms with Crippen molar-refractivity contribution >= 4 is 43.5 Å². The summed E-state index contributed by atoms with van der Waals surface area (Å²) in [6, 6.07) is 10.0. The summed E-state index contributed by atoms with van der Waals surface area (Å²) in [5.41, 5.74) is 4.11. The highest BCUT2D eigenvalue weighted by Crippen LogP contribution is 2.34. The van der Waals surface area contributed by atoms with Crippen LogP contribution < -0.4 is 4.73 Å². The lowest BCUT2D eigenvalue weighted by Crippen LogP contribution is -2.57. The van der Waals surface area contributed by atoms with Gasteiger partial charge in [0.15, 0.2) is 6.20 Å². The van der Waals surface area contributed by atoms with E-state index in [2.05, 4.69) is 73.1 Å². The normalized spacial score (nSPS) is 18.5. The van der Waals surface area contributed by atoms with Crippen LogP contribution in [0.5, 0.6) is 0 Å². The number of pyridine rings is 1. The fraction of sp³-hybridized carbons (Fsp3) is 0.552. The van der Waals surface area contributed by atoms with Crippen LogP contribution >= 0.6 is 31.9 Å². The highest BCUT2D eigenvalue weighted by atomic mass is 79.9. The van der Waals surface area contributed by atoms with E-state index in [1.54, 1.807) is 13.0 Å². The molecule has 7 nitrogen and oxygen atoms in total. The van der Waals surface area contributed by atoms with Gasteiger partial charge < -0.3 is 14.9 Å². The van der Waals surface area contributed by atoms with Crippen molar-refractivity contribution in [1.29, 1.82) is 0 Å². The summed E-state index contributed by atoms with van der Waals surface area (Å²) in [5, 5.41) is 16.6. The second kappa shape index (κ2) is 13.9. The SMILES string of the molecule is CBr.CCO/N=C(/c1ccc(Br)cc1)C1CCN(C2(C)CCN(C(=O)c3c(C)cc[n+]([O-])c3C)CC2)CC1. The Kier molecular flexibility index (Phi) is 11.2. The zero-order chi connectivity index (χ0) is 27.9. The molecule has 0 bridgehead atoms. The lowest BCUT2D eigenvalue weighted by molar-refractivity contribution is -0.612. The largest absolute Gasteiger partial charge is 0.618 e. The van der Waals surface area contributed by atoms with Crippen molar-refractivity contribution in [2.45, 2.75) is 58.9 Å². The molecule has 0 atom stereocenters. The zero-order valence-corrected chi connectivity index (χ0v) is 26.3. The molecule has 1 amide bonds. The van der Waals surface area contributed by atoms with Gasteiger partial charge in [-0.3, -0.25) is 9.69 Å². The molecular formula is C29H40Br2N4O3. The fourth-order valence-corrected chi connectivity index (χ4v) is 5.83. The molecule has 0 spiro atoms. The molecule has 2 aromatic rings. The molecule has 3 heterocycles. The Balaban J connectivity index is 0.00000195. The summed E-state index contributed by atoms with van der Waals surface area (Å²) in [6.07, 6.45) is 5.40. The number of hydrogen-bond acceptors (Lipinski definition) is 5. The van der Waals surface area contributed by atoms with Gasteiger partial charge in [0.1, 0.15) is 12.2 Å². The smallest absolute Gasteiger partial charge is 0.260 e. The molecule has 0 N–H and O–H groups in total. The lowest BCUT2D eigenvalue weighted by atomic mass is 9.82. The zero-order valence-electron chi connectivity index (χ0n) is 23.2. The first kappa shape index (κ1) is 30.6. The van der Waals surface area contributed by atoms with E-state index in [4.69, 9.17) is 4.84 Å². The average molecular weight is 652 g/mol. The first-order valence-electron chi connectivity index (χ1n) is 13.3. The molecule has 9 heteroatoms. The third-order valence-corrected chi connectivity index (χ3v) is 8.49. The minimum atomic E-state index is -0.0257. The van der Waals surface area contributed by atoms with Gasteiger partial charge in [-0.2, -0.15) is 4.73 Å². The molecule has 0 saturated carbocycles. The standard InChI is InChI=1S/C28H37BrN4O3.CH3Br/c1-5-36-30-26(22-6-8-24(29)9-7-22)23-11-15-32(16-12-23)28(4)13-18-31(19-14-28)27(34)25-20(2)10-17-33(35)21(25)3;1-2/h6-10,17,23H,5,11-16,18-19H2,1-4H3;1H3/b30-26-;. The van der Waals surface area contributed by atoms with Gasteiger partial charge in [-0.25, -0.2) is 0 Å². The van der Waals surface area contributed by atoms with E-state index in [9.17, 15) is 10.0 Å². The number of likely N-dealkylation sites (tertiary alicyclic amines) is 2. The predicted octanol–water partition coefficient (Wildman–Crippen LogP) is 5.86. The monoisotopic (exact) mass is 650 g/mol. The number of aromatic nitrogens is 1. The number of aryl methyl sites for hydroxylation is 1. The minimum absolute atomic E-state index is 0.0257. The molecule has 0 aliphatic carbocycles. The molecule has 38 heavy (non-hydrogen) atoms. The maximum Gasteiger partial charge on any atom is 0.260 e. The van der Waals surface area contributed by atoms with Crippen LogP contribution in [0.4, 0.5) is 0 Å². The molecular weight excluding hydrogens is 612 g/mol. The van der Waals surface area contributed by atoms with Crippen molar-refractivity contribution in [3.05, 3.63) is 68.6 Å². The molecule has 2 fully saturated rings. The minimum Gasteiger partial charge on any atom is -0.618 e. The number of benzene rings is 1. The number of hydrogen-bond donors (Lipinski definition) is 0. The highest BCUT2D eigenvalue weighted by Gasteiger charge is 2.40. The highest BCUT2D eigenvalue weighted by molar-refractivity contribution is 9.10. The molecule has 2 aliphatic rings. The van der Waals surface area contributed by atoms with E-state index in [0.29, 0.717) is 36.9 Å². The third kappa shape index (κ3) is 6.96. The van der Waals surface area contributed by atoms with Crippen molar-refractivity contribution in [3.63, 3.8) is 0 Å². The van der Waals surface area contributed by atoms with Gasteiger partial charge in [0, 0.05) is 42.0 Å². The van der Waals surface area contributed by atoms with Crippen molar-refractivity contribution in [2.24, 2.45) is 11.1 Å². The Labute approximate surface area is 244 Å². The maximum atomic E-state index is 13.3. The second-order valence-electron chi connectivity index (χ2n) is 10.2. The summed E-state index contributed by atoms with van der Waals surface area (Å²) < 4.78 is 1.84. The second-order valence-corrected chi connectivity index (χ2v) is 11.2. The number of piperidine rings is 2. The summed E-state index contributed by atoms with van der Waals surface area (Å²) in [5.74, 6) is 2.15. The van der Waals surface area contributed by atoms with Gasteiger partial charge in [-0.05, 0) is 88.6 Å². The summed E-state index contributed by atoms with van der Waals surface area (Å²) in [6.45, 7) is 11.9. The fourth-order valence-electron chi connectivity index (χ4n) is 5.57. The number of carbonyl (C=O) groups excluding carboxylic acids is 1. The number of oxime groups is 1. The molecule has 2 aliphatic heterocycles. The van der Waals surface area contributed by atoms with Crippen LogP contribution in [0.3, 0.4) is 0 Å². The van der Waals surface area contributed by atoms with Crippen LogP contribution in [0.15, 0.2) is 46.2 Å². The van der Waals surface area contributed by atoms with Crippen LogP contribution in [0.25, 0.3) is 0 Å². The molecule has 0 radical (unpaired) electrons. The van der Waals surface area contributed by atoms with Gasteiger partial charge in [-0.1, -0.05) is 49.1 Å². The van der Waals surface area contributed by atoms with Crippen LogP contribution in [0.2, 0.25) is 0 Å². The van der Waals surface area contributed by atoms with Crippen LogP contribution in [0, 0.1) is 25.0 Å². The van der Waals surface area contributed by atoms with Gasteiger partial charge >= 0.3 is 0 Å². The number of amides is 1. The molecule has 4 rings (SSSR count). The molecule has 0 unspecified atom stereocenters. The van der Waals surface area contributed by atoms with Gasteiger partial charge in [-0.15, -0.1) is 0 Å². The van der Waals surface area contributed by atoms with Crippen molar-refractivity contribution in [3.8, 4) is 0 Å². The Bertz CT molecular complexity index is 1110. The lowest BCUT2D eigenvalue weighted by Gasteiger charge is -2.49. The van der Waals surface area contributed by atoms with E-state index in [0.717, 1.165) is 64.8 Å². The first-order valence-corrected chi connectivity index (χ1v) is 15.7. The molecule has 2 saturated heterocycles. The number of carbonyl (C=O) groups is 1. The predicted molar refractivity (Wildman–Crippen MR) is 160 cm³/mol. The van der Waals surface area contributed by atoms with Gasteiger partial charge in [0.25, 0.3) is 5.91 Å². The Morgan fingerprint density at radius 2 is 1.71 bits per heavy atom. The molecule has 208 valence electrons. The molecule has 1 aromatic heterocycles. The van der Waals surface area contributed by atoms with Gasteiger partial charge in [0.05, 0.1) is 5.71 Å². The maximum absolute atomic E-state index is 13.3. The van der Waals surface area contributed by atoms with E-state index in [1.807, 2.05) is 24.6 Å². The van der Waals surface area contributed by atoms with Crippen molar-refractivity contribution in [2.75, 3.05) is 38.6 Å². The van der Waals surface area contributed by atoms with Crippen LogP contribution in [0.1, 0.15) is 66.7 Å². The topological polar surface area (TPSA) is 72.1 Å². The van der Waals surface area contributed by atoms with Crippen molar-refractivity contribution < 1.29 is 14.4 Å². The van der Waals surface area contributed by atoms with Crippen LogP contribution in [-0.2, 0) is 4.84 Å².